The second-order valence-electron chi connectivity index (χ2n) is 8.99. The smallest absolute Gasteiger partial charge is 0.341 e. The van der Waals surface area contributed by atoms with E-state index in [1.807, 2.05) is 31.9 Å². The molecule has 1 amide bonds. The lowest BCUT2D eigenvalue weighted by atomic mass is 10.1. The van der Waals surface area contributed by atoms with Crippen LogP contribution in [0.3, 0.4) is 0 Å². The number of aromatic carboxylic acids is 1. The Kier molecular flexibility index (Phi) is 9.27. The highest BCUT2D eigenvalue weighted by Gasteiger charge is 2.30. The Labute approximate surface area is 215 Å². The first kappa shape index (κ1) is 27.4. The van der Waals surface area contributed by atoms with Crippen LogP contribution in [0.25, 0.3) is 11.0 Å². The average molecular weight is 515 g/mol. The minimum absolute atomic E-state index is 0.0153. The zero-order chi connectivity index (χ0) is 26.4. The number of carbonyl (C=O) groups excluding carboxylic acids is 1. The van der Waals surface area contributed by atoms with Gasteiger partial charge in [-0.2, -0.15) is 0 Å². The number of allylic oxidation sites excluding steroid dienone is 1. The van der Waals surface area contributed by atoms with Crippen LogP contribution >= 0.6 is 11.9 Å². The topological polar surface area (TPSA) is 129 Å². The Bertz CT molecular complexity index is 1250. The molecule has 0 aromatic carbocycles. The number of hydrogen-bond donors (Lipinski definition) is 3. The largest absolute Gasteiger partial charge is 0.477 e. The van der Waals surface area contributed by atoms with Crippen LogP contribution in [0.15, 0.2) is 34.3 Å². The van der Waals surface area contributed by atoms with Crippen LogP contribution < -0.4 is 20.4 Å². The van der Waals surface area contributed by atoms with Gasteiger partial charge in [0.2, 0.25) is 11.3 Å². The zero-order valence-electron chi connectivity index (χ0n) is 21.4. The van der Waals surface area contributed by atoms with Gasteiger partial charge in [-0.1, -0.05) is 31.9 Å². The van der Waals surface area contributed by atoms with E-state index in [4.69, 9.17) is 4.98 Å². The molecule has 1 unspecified atom stereocenters. The van der Waals surface area contributed by atoms with Gasteiger partial charge in [-0.05, 0) is 38.2 Å². The molecule has 1 atom stereocenters. The molecule has 10 nitrogen and oxygen atoms in total. The molecule has 0 aliphatic carbocycles. The number of aliphatic imine (C=N–C) groups is 1. The van der Waals surface area contributed by atoms with E-state index in [1.54, 1.807) is 29.8 Å². The molecule has 2 aromatic heterocycles. The highest BCUT2D eigenvalue weighted by Crippen LogP contribution is 2.27. The van der Waals surface area contributed by atoms with Gasteiger partial charge in [-0.15, -0.1) is 0 Å². The molecule has 1 saturated heterocycles. The summed E-state index contributed by atoms with van der Waals surface area (Å²) in [7, 11) is 0. The van der Waals surface area contributed by atoms with Crippen molar-refractivity contribution >= 4 is 46.5 Å². The van der Waals surface area contributed by atoms with Crippen molar-refractivity contribution in [2.24, 2.45) is 16.8 Å². The molecule has 11 heteroatoms. The number of carboxylic acid groups (broad SMARTS) is 1. The summed E-state index contributed by atoms with van der Waals surface area (Å²) in [6, 6.07) is 1.79. The Morgan fingerprint density at radius 3 is 2.75 bits per heavy atom. The molecule has 1 aliphatic heterocycles. The molecule has 0 radical (unpaired) electrons. The molecular formula is C25H34N6O4S. The number of carbonyl (C=O) groups is 2. The van der Waals surface area contributed by atoms with Gasteiger partial charge in [0.1, 0.15) is 17.2 Å². The molecule has 1 aliphatic rings. The number of pyridine rings is 2. The number of hydrogen-bond acceptors (Lipinski definition) is 8. The van der Waals surface area contributed by atoms with E-state index in [1.165, 1.54) is 18.1 Å². The third kappa shape index (κ3) is 5.96. The molecule has 3 N–H and O–H groups in total. The van der Waals surface area contributed by atoms with Gasteiger partial charge >= 0.3 is 5.97 Å². The van der Waals surface area contributed by atoms with E-state index >= 15 is 0 Å². The number of rotatable bonds is 9. The first-order valence-corrected chi connectivity index (χ1v) is 13.2. The maximum absolute atomic E-state index is 13.1. The predicted molar refractivity (Wildman–Crippen MR) is 145 cm³/mol. The number of aromatic nitrogens is 2. The number of carboxylic acids is 1. The summed E-state index contributed by atoms with van der Waals surface area (Å²) in [4.78, 5) is 49.0. The number of anilines is 1. The maximum atomic E-state index is 13.1. The number of fused-ring (bicyclic) bond motifs is 1. The molecule has 0 spiro atoms. The lowest BCUT2D eigenvalue weighted by molar-refractivity contribution is -0.124. The van der Waals surface area contributed by atoms with Crippen molar-refractivity contribution in [2.75, 3.05) is 37.3 Å². The molecule has 3 rings (SSSR count). The fourth-order valence-corrected chi connectivity index (χ4v) is 4.58. The first-order chi connectivity index (χ1) is 17.2. The fourth-order valence-electron chi connectivity index (χ4n) is 4.27. The average Bonchev–Trinajstić information content (AvgIpc) is 3.33. The van der Waals surface area contributed by atoms with Crippen LogP contribution in [0.1, 0.15) is 43.1 Å². The van der Waals surface area contributed by atoms with Gasteiger partial charge in [0.25, 0.3) is 0 Å². The van der Waals surface area contributed by atoms with Gasteiger partial charge in [-0.3, -0.25) is 18.9 Å². The molecule has 0 bridgehead atoms. The molecule has 2 aromatic rings. The molecule has 0 saturated carbocycles. The standard InChI is InChI=1S/C25H34N6O4S/c1-6-8-26-22(15(2)3)31-14-18(25(34)35)21(32)20-16(4)12-19(29-23(20)31)30-11-7-17(13-30)24(33)27-9-10-28-36-5/h6,8,12,14-15,17,28H,7,9-11,13H2,1-5H3,(H,27,33)(H,34,35)/b8-6-,26-22?. The van der Waals surface area contributed by atoms with Gasteiger partial charge in [0, 0.05) is 44.5 Å². The lowest BCUT2D eigenvalue weighted by Gasteiger charge is -2.22. The minimum Gasteiger partial charge on any atom is -0.477 e. The van der Waals surface area contributed by atoms with Crippen LogP contribution in [0.2, 0.25) is 0 Å². The van der Waals surface area contributed by atoms with E-state index in [-0.39, 0.29) is 28.7 Å². The van der Waals surface area contributed by atoms with Gasteiger partial charge in [-0.25, -0.2) is 14.8 Å². The highest BCUT2D eigenvalue weighted by atomic mass is 32.2. The summed E-state index contributed by atoms with van der Waals surface area (Å²) < 4.78 is 4.72. The molecule has 1 fully saturated rings. The Morgan fingerprint density at radius 2 is 2.11 bits per heavy atom. The Hall–Kier alpha value is -3.18. The zero-order valence-corrected chi connectivity index (χ0v) is 22.2. The van der Waals surface area contributed by atoms with E-state index in [0.717, 1.165) is 0 Å². The van der Waals surface area contributed by atoms with Crippen LogP contribution in [-0.2, 0) is 4.79 Å². The highest BCUT2D eigenvalue weighted by molar-refractivity contribution is 7.96. The summed E-state index contributed by atoms with van der Waals surface area (Å²) in [5.74, 6) is -0.293. The van der Waals surface area contributed by atoms with Gasteiger partial charge in [0.05, 0.1) is 11.3 Å². The quantitative estimate of drug-likeness (QED) is 0.202. The van der Waals surface area contributed by atoms with E-state index in [9.17, 15) is 19.5 Å². The second-order valence-corrected chi connectivity index (χ2v) is 9.69. The van der Waals surface area contributed by atoms with Crippen LogP contribution in [0, 0.1) is 18.8 Å². The summed E-state index contributed by atoms with van der Waals surface area (Å²) in [6.45, 7) is 9.93. The summed E-state index contributed by atoms with van der Waals surface area (Å²) >= 11 is 1.51. The van der Waals surface area contributed by atoms with E-state index in [0.29, 0.717) is 55.5 Å². The van der Waals surface area contributed by atoms with Crippen molar-refractivity contribution < 1.29 is 14.7 Å². The molecule has 3 heterocycles. The van der Waals surface area contributed by atoms with Crippen LogP contribution in [-0.4, -0.2) is 64.8 Å². The fraction of sp³-hybridized carbons (Fsp3) is 0.480. The van der Waals surface area contributed by atoms with Crippen molar-refractivity contribution in [1.82, 2.24) is 19.6 Å². The number of nitrogens with one attached hydrogen (secondary N) is 2. The summed E-state index contributed by atoms with van der Waals surface area (Å²) in [5.41, 5.74) is 0.0786. The third-order valence-electron chi connectivity index (χ3n) is 6.05. The molecule has 36 heavy (non-hydrogen) atoms. The number of amides is 1. The SMILES string of the molecule is C/C=C\N=C(C(C)C)n1cc(C(=O)O)c(=O)c2c(C)cc(N3CCC(C(=O)NCCNSC)C3)nc21. The monoisotopic (exact) mass is 514 g/mol. The maximum Gasteiger partial charge on any atom is 0.341 e. The molecule has 194 valence electrons. The third-order valence-corrected chi connectivity index (χ3v) is 6.54. The van der Waals surface area contributed by atoms with Gasteiger partial charge < -0.3 is 15.3 Å². The number of aryl methyl sites for hydroxylation is 1. The van der Waals surface area contributed by atoms with Crippen molar-refractivity contribution in [2.45, 2.75) is 34.1 Å². The Morgan fingerprint density at radius 1 is 1.36 bits per heavy atom. The van der Waals surface area contributed by atoms with E-state index in [2.05, 4.69) is 15.0 Å². The summed E-state index contributed by atoms with van der Waals surface area (Å²) in [5, 5.41) is 12.9. The summed E-state index contributed by atoms with van der Waals surface area (Å²) in [6.07, 6.45) is 7.37. The second kappa shape index (κ2) is 12.2. The normalized spacial score (nSPS) is 16.4. The van der Waals surface area contributed by atoms with Crippen LogP contribution in [0.5, 0.6) is 0 Å². The van der Waals surface area contributed by atoms with Crippen molar-refractivity contribution in [3.8, 4) is 0 Å². The lowest BCUT2D eigenvalue weighted by Crippen LogP contribution is -2.36. The van der Waals surface area contributed by atoms with E-state index < -0.39 is 11.4 Å². The molecular weight excluding hydrogens is 480 g/mol. The predicted octanol–water partition coefficient (Wildman–Crippen LogP) is 2.65. The van der Waals surface area contributed by atoms with Crippen molar-refractivity contribution in [1.29, 1.82) is 0 Å². The number of nitrogens with zero attached hydrogens (tertiary/aromatic N) is 4. The van der Waals surface area contributed by atoms with Crippen molar-refractivity contribution in [3.63, 3.8) is 0 Å². The van der Waals surface area contributed by atoms with Crippen molar-refractivity contribution in [3.05, 3.63) is 45.9 Å². The van der Waals surface area contributed by atoms with Gasteiger partial charge in [0.15, 0.2) is 5.65 Å². The minimum atomic E-state index is -1.30. The van der Waals surface area contributed by atoms with Crippen LogP contribution in [0.4, 0.5) is 5.82 Å². The first-order valence-electron chi connectivity index (χ1n) is 12.0. The Balaban J connectivity index is 2.05.